The van der Waals surface area contributed by atoms with Crippen molar-refractivity contribution < 1.29 is 8.42 Å². The van der Waals surface area contributed by atoms with Gasteiger partial charge in [0, 0.05) is 19.1 Å². The topological polar surface area (TPSA) is 99.8 Å². The molecule has 1 unspecified atom stereocenters. The molecule has 154 valence electrons. The molecule has 2 rings (SSSR count). The Morgan fingerprint density at radius 1 is 1.33 bits per heavy atom. The van der Waals surface area contributed by atoms with Crippen molar-refractivity contribution >= 4 is 40.0 Å². The molecular formula is C18H32IN5O2S. The van der Waals surface area contributed by atoms with Crippen LogP contribution in [0.15, 0.2) is 28.1 Å². The number of nitrogens with zero attached hydrogens (tertiary/aromatic N) is 2. The Kier molecular flexibility index (Phi) is 9.99. The van der Waals surface area contributed by atoms with Gasteiger partial charge in [-0.05, 0) is 57.0 Å². The van der Waals surface area contributed by atoms with Gasteiger partial charge < -0.3 is 11.1 Å². The van der Waals surface area contributed by atoms with E-state index in [1.165, 1.54) is 6.42 Å². The van der Waals surface area contributed by atoms with Crippen LogP contribution in [-0.2, 0) is 10.0 Å². The number of nitrogens with one attached hydrogen (secondary N) is 2. The molecule has 1 fully saturated rings. The first-order chi connectivity index (χ1) is 12.3. The first-order valence-corrected chi connectivity index (χ1v) is 10.7. The zero-order chi connectivity index (χ0) is 19.2. The van der Waals surface area contributed by atoms with Crippen LogP contribution in [0.3, 0.4) is 0 Å². The van der Waals surface area contributed by atoms with Crippen LogP contribution < -0.4 is 15.8 Å². The number of rotatable bonds is 8. The minimum absolute atomic E-state index is 0. The number of halogens is 1. The van der Waals surface area contributed by atoms with E-state index in [1.54, 1.807) is 13.0 Å². The van der Waals surface area contributed by atoms with Gasteiger partial charge in [0.1, 0.15) is 0 Å². The zero-order valence-electron chi connectivity index (χ0n) is 16.4. The largest absolute Gasteiger partial charge is 0.370 e. The molecule has 1 saturated heterocycles. The molecule has 1 heterocycles. The number of aliphatic imine (C=N–C) groups is 1. The first-order valence-electron chi connectivity index (χ1n) is 9.18. The molecule has 7 nitrogen and oxygen atoms in total. The number of hydrogen-bond acceptors (Lipinski definition) is 4. The summed E-state index contributed by atoms with van der Waals surface area (Å²) in [6, 6.07) is 5.86. The van der Waals surface area contributed by atoms with Crippen molar-refractivity contribution in [1.29, 1.82) is 0 Å². The van der Waals surface area contributed by atoms with E-state index in [4.69, 9.17) is 5.73 Å². The molecule has 1 aromatic rings. The lowest BCUT2D eigenvalue weighted by molar-refractivity contribution is 0.273. The van der Waals surface area contributed by atoms with Crippen LogP contribution in [-0.4, -0.2) is 58.0 Å². The summed E-state index contributed by atoms with van der Waals surface area (Å²) in [5, 5.41) is 2.97. The van der Waals surface area contributed by atoms with Crippen LogP contribution in [0.1, 0.15) is 30.9 Å². The summed E-state index contributed by atoms with van der Waals surface area (Å²) in [5.41, 5.74) is 7.53. The van der Waals surface area contributed by atoms with Crippen molar-refractivity contribution in [1.82, 2.24) is 14.9 Å². The van der Waals surface area contributed by atoms with Gasteiger partial charge in [-0.25, -0.2) is 13.1 Å². The molecule has 0 spiro atoms. The van der Waals surface area contributed by atoms with E-state index < -0.39 is 10.0 Å². The fourth-order valence-electron chi connectivity index (χ4n) is 3.23. The summed E-state index contributed by atoms with van der Waals surface area (Å²) >= 11 is 0. The second-order valence-corrected chi connectivity index (χ2v) is 8.48. The van der Waals surface area contributed by atoms with E-state index in [0.29, 0.717) is 30.0 Å². The van der Waals surface area contributed by atoms with Crippen LogP contribution in [0.25, 0.3) is 0 Å². The van der Waals surface area contributed by atoms with Gasteiger partial charge in [-0.3, -0.25) is 9.89 Å². The van der Waals surface area contributed by atoms with E-state index >= 15 is 0 Å². The van der Waals surface area contributed by atoms with Gasteiger partial charge in [-0.1, -0.05) is 19.1 Å². The lowest BCUT2D eigenvalue weighted by atomic mass is 10.2. The highest BCUT2D eigenvalue weighted by Gasteiger charge is 2.22. The predicted octanol–water partition coefficient (Wildman–Crippen LogP) is 1.59. The van der Waals surface area contributed by atoms with Crippen molar-refractivity contribution in [2.24, 2.45) is 10.7 Å². The predicted molar refractivity (Wildman–Crippen MR) is 121 cm³/mol. The van der Waals surface area contributed by atoms with Crippen LogP contribution in [0, 0.1) is 13.8 Å². The number of likely N-dealkylation sites (N-methyl/N-ethyl adjacent to an activating group) is 1. The van der Waals surface area contributed by atoms with Crippen molar-refractivity contribution in [2.75, 3.05) is 32.7 Å². The average Bonchev–Trinajstić information content (AvgIpc) is 3.06. The average molecular weight is 509 g/mol. The number of likely N-dealkylation sites (tertiary alicyclic amines) is 1. The van der Waals surface area contributed by atoms with Crippen LogP contribution >= 0.6 is 24.0 Å². The van der Waals surface area contributed by atoms with Crippen LogP contribution in [0.2, 0.25) is 0 Å². The van der Waals surface area contributed by atoms with Gasteiger partial charge in [0.2, 0.25) is 10.0 Å². The SMILES string of the molecule is CCN1CCCC1CN=C(N)NCCNS(=O)(=O)c1cc(C)ccc1C.I. The molecular weight excluding hydrogens is 477 g/mol. The Bertz CT molecular complexity index is 739. The van der Waals surface area contributed by atoms with E-state index in [2.05, 4.69) is 26.9 Å². The maximum atomic E-state index is 12.4. The third-order valence-electron chi connectivity index (χ3n) is 4.73. The lowest BCUT2D eigenvalue weighted by Crippen LogP contribution is -2.39. The van der Waals surface area contributed by atoms with Gasteiger partial charge in [-0.15, -0.1) is 24.0 Å². The molecule has 0 aliphatic carbocycles. The van der Waals surface area contributed by atoms with Gasteiger partial charge in [0.15, 0.2) is 5.96 Å². The van der Waals surface area contributed by atoms with E-state index in [9.17, 15) is 8.42 Å². The fraction of sp³-hybridized carbons (Fsp3) is 0.611. The Labute approximate surface area is 180 Å². The number of nitrogens with two attached hydrogens (primary N) is 1. The van der Waals surface area contributed by atoms with Crippen molar-refractivity contribution in [3.05, 3.63) is 29.3 Å². The maximum absolute atomic E-state index is 12.4. The van der Waals surface area contributed by atoms with Gasteiger partial charge in [-0.2, -0.15) is 0 Å². The molecule has 1 aliphatic rings. The normalized spacial score (nSPS) is 18.3. The number of benzene rings is 1. The smallest absolute Gasteiger partial charge is 0.240 e. The molecule has 9 heteroatoms. The monoisotopic (exact) mass is 509 g/mol. The molecule has 1 aromatic carbocycles. The number of aryl methyl sites for hydroxylation is 2. The Morgan fingerprint density at radius 2 is 2.07 bits per heavy atom. The molecule has 1 atom stereocenters. The quantitative estimate of drug-likeness (QED) is 0.214. The summed E-state index contributed by atoms with van der Waals surface area (Å²) in [6.45, 7) is 9.31. The highest BCUT2D eigenvalue weighted by molar-refractivity contribution is 14.0. The summed E-state index contributed by atoms with van der Waals surface area (Å²) in [5.74, 6) is 0.360. The highest BCUT2D eigenvalue weighted by Crippen LogP contribution is 2.17. The fourth-order valence-corrected chi connectivity index (χ4v) is 4.59. The molecule has 0 radical (unpaired) electrons. The minimum atomic E-state index is -3.52. The lowest BCUT2D eigenvalue weighted by Gasteiger charge is -2.21. The first kappa shape index (κ1) is 24.1. The maximum Gasteiger partial charge on any atom is 0.240 e. The Balaban J connectivity index is 0.00000364. The van der Waals surface area contributed by atoms with Crippen LogP contribution in [0.5, 0.6) is 0 Å². The third kappa shape index (κ3) is 7.20. The molecule has 0 aromatic heterocycles. The molecule has 0 saturated carbocycles. The van der Waals surface area contributed by atoms with Gasteiger partial charge >= 0.3 is 0 Å². The molecule has 1 aliphatic heterocycles. The van der Waals surface area contributed by atoms with Crippen LogP contribution in [0.4, 0.5) is 0 Å². The second kappa shape index (κ2) is 11.2. The number of hydrogen-bond donors (Lipinski definition) is 3. The summed E-state index contributed by atoms with van der Waals surface area (Å²) in [6.07, 6.45) is 2.36. The summed E-state index contributed by atoms with van der Waals surface area (Å²) < 4.78 is 27.4. The summed E-state index contributed by atoms with van der Waals surface area (Å²) in [4.78, 5) is 7.12. The molecule has 0 amide bonds. The van der Waals surface area contributed by atoms with Crippen molar-refractivity contribution in [3.63, 3.8) is 0 Å². The Morgan fingerprint density at radius 3 is 2.78 bits per heavy atom. The third-order valence-corrected chi connectivity index (χ3v) is 6.34. The molecule has 0 bridgehead atoms. The summed E-state index contributed by atoms with van der Waals surface area (Å²) in [7, 11) is -3.52. The van der Waals surface area contributed by atoms with Crippen molar-refractivity contribution in [3.8, 4) is 0 Å². The zero-order valence-corrected chi connectivity index (χ0v) is 19.5. The van der Waals surface area contributed by atoms with E-state index in [0.717, 1.165) is 30.6 Å². The molecule has 4 N–H and O–H groups in total. The Hall–Kier alpha value is -0.910. The standard InChI is InChI=1S/C18H31N5O2S.HI/c1-4-23-11-5-6-16(23)13-21-18(19)20-9-10-22-26(24,25)17-12-14(2)7-8-15(17)3;/h7-8,12,16,22H,4-6,9-11,13H2,1-3H3,(H3,19,20,21);1H. The van der Waals surface area contributed by atoms with Crippen molar-refractivity contribution in [2.45, 2.75) is 44.6 Å². The number of guanidine groups is 1. The minimum Gasteiger partial charge on any atom is -0.370 e. The van der Waals surface area contributed by atoms with E-state index in [-0.39, 0.29) is 30.5 Å². The highest BCUT2D eigenvalue weighted by atomic mass is 127. The molecule has 27 heavy (non-hydrogen) atoms. The van der Waals surface area contributed by atoms with Gasteiger partial charge in [0.25, 0.3) is 0 Å². The number of sulfonamides is 1. The van der Waals surface area contributed by atoms with Gasteiger partial charge in [0.05, 0.1) is 11.4 Å². The second-order valence-electron chi connectivity index (χ2n) is 6.74. The van der Waals surface area contributed by atoms with E-state index in [1.807, 2.05) is 19.1 Å².